The summed E-state index contributed by atoms with van der Waals surface area (Å²) in [6, 6.07) is 7.47. The van der Waals surface area contributed by atoms with E-state index in [1.807, 2.05) is 0 Å². The van der Waals surface area contributed by atoms with Crippen LogP contribution in [0.5, 0.6) is 5.75 Å². The van der Waals surface area contributed by atoms with Gasteiger partial charge >= 0.3 is 17.7 Å². The van der Waals surface area contributed by atoms with Gasteiger partial charge in [-0.2, -0.15) is 22.0 Å². The topological polar surface area (TPSA) is 96.5 Å². The molecule has 0 fully saturated rings. The summed E-state index contributed by atoms with van der Waals surface area (Å²) in [5.74, 6) is -1.64. The number of nitrogens with zero attached hydrogens (tertiary/aromatic N) is 3. The molecule has 3 aromatic rings. The molecular weight excluding hydrogens is 445 g/mol. The number of para-hydroxylation sites is 1. The molecule has 0 aliphatic heterocycles. The van der Waals surface area contributed by atoms with Crippen LogP contribution in [0.25, 0.3) is 11.0 Å². The second-order valence-electron chi connectivity index (χ2n) is 5.60. The molecule has 0 spiro atoms. The molecular formula is C16H7ClF5N3O5. The summed E-state index contributed by atoms with van der Waals surface area (Å²) < 4.78 is 71.5. The third kappa shape index (κ3) is 4.25. The van der Waals surface area contributed by atoms with E-state index < -0.39 is 50.7 Å². The van der Waals surface area contributed by atoms with Gasteiger partial charge in [-0.15, -0.1) is 4.73 Å². The van der Waals surface area contributed by atoms with Crippen molar-refractivity contribution >= 4 is 34.5 Å². The zero-order valence-corrected chi connectivity index (χ0v) is 14.9. The molecule has 2 aromatic carbocycles. The van der Waals surface area contributed by atoms with Gasteiger partial charge in [0.1, 0.15) is 11.3 Å². The van der Waals surface area contributed by atoms with E-state index in [0.717, 1.165) is 0 Å². The predicted molar refractivity (Wildman–Crippen MR) is 90.2 cm³/mol. The Morgan fingerprint density at radius 2 is 1.77 bits per heavy atom. The highest BCUT2D eigenvalue weighted by molar-refractivity contribution is 6.21. The fourth-order valence-corrected chi connectivity index (χ4v) is 2.51. The van der Waals surface area contributed by atoms with Crippen molar-refractivity contribution < 1.29 is 41.2 Å². The number of hydrogen-bond acceptors (Lipinski definition) is 6. The first-order chi connectivity index (χ1) is 13.9. The number of rotatable bonds is 4. The van der Waals surface area contributed by atoms with E-state index in [4.69, 9.17) is 16.3 Å². The Bertz CT molecular complexity index is 1130. The summed E-state index contributed by atoms with van der Waals surface area (Å²) in [5, 5.41) is 6.80. The zero-order valence-electron chi connectivity index (χ0n) is 14.2. The van der Waals surface area contributed by atoms with Gasteiger partial charge in [0.25, 0.3) is 5.69 Å². The molecule has 158 valence electrons. The van der Waals surface area contributed by atoms with Crippen molar-refractivity contribution in [3.8, 4) is 5.75 Å². The number of halogens is 6. The Morgan fingerprint density at radius 3 is 2.30 bits per heavy atom. The van der Waals surface area contributed by atoms with Crippen LogP contribution in [0.3, 0.4) is 0 Å². The molecule has 0 radical (unpaired) electrons. The monoisotopic (exact) mass is 451 g/mol. The average molecular weight is 452 g/mol. The lowest BCUT2D eigenvalue weighted by Gasteiger charge is -2.12. The van der Waals surface area contributed by atoms with E-state index in [-0.39, 0.29) is 22.6 Å². The lowest BCUT2D eigenvalue weighted by Crippen LogP contribution is -2.27. The Morgan fingerprint density at radius 1 is 1.13 bits per heavy atom. The number of imidazole rings is 1. The number of fused-ring (bicyclic) bond motifs is 1. The molecule has 0 bridgehead atoms. The van der Waals surface area contributed by atoms with E-state index in [9.17, 15) is 36.9 Å². The minimum atomic E-state index is -5.08. The number of carbonyl (C=O) groups is 1. The SMILES string of the molecule is O=C(Oc1ccccc1)On1c(C(F)(F)Cl)nc2c([N+](=O)[O-])cc(C(F)(F)F)cc21. The van der Waals surface area contributed by atoms with Gasteiger partial charge in [-0.1, -0.05) is 18.2 Å². The highest BCUT2D eigenvalue weighted by Gasteiger charge is 2.41. The maximum Gasteiger partial charge on any atom is 0.539 e. The first kappa shape index (κ1) is 21.2. The van der Waals surface area contributed by atoms with Crippen molar-refractivity contribution in [1.29, 1.82) is 0 Å². The maximum atomic E-state index is 13.8. The van der Waals surface area contributed by atoms with E-state index in [1.54, 1.807) is 6.07 Å². The molecule has 3 rings (SSSR count). The van der Waals surface area contributed by atoms with Gasteiger partial charge in [0, 0.05) is 6.07 Å². The molecule has 14 heteroatoms. The van der Waals surface area contributed by atoms with Gasteiger partial charge in [-0.25, -0.2) is 9.78 Å². The van der Waals surface area contributed by atoms with E-state index >= 15 is 0 Å². The third-order valence-electron chi connectivity index (χ3n) is 3.59. The highest BCUT2D eigenvalue weighted by Crippen LogP contribution is 2.39. The summed E-state index contributed by atoms with van der Waals surface area (Å²) in [6.07, 6.45) is -6.72. The number of alkyl halides is 6. The van der Waals surface area contributed by atoms with Crippen LogP contribution in [-0.4, -0.2) is 20.8 Å². The van der Waals surface area contributed by atoms with Crippen LogP contribution >= 0.6 is 11.6 Å². The molecule has 0 N–H and O–H groups in total. The van der Waals surface area contributed by atoms with Crippen molar-refractivity contribution in [1.82, 2.24) is 9.71 Å². The van der Waals surface area contributed by atoms with Gasteiger partial charge in [-0.3, -0.25) is 15.0 Å². The normalized spacial score (nSPS) is 12.1. The van der Waals surface area contributed by atoms with Crippen molar-refractivity contribution in [2.75, 3.05) is 0 Å². The molecule has 0 atom stereocenters. The minimum absolute atomic E-state index is 0.0759. The van der Waals surface area contributed by atoms with Crippen LogP contribution in [0, 0.1) is 10.1 Å². The molecule has 0 aliphatic rings. The fraction of sp³-hybridized carbons (Fsp3) is 0.125. The molecule has 0 aliphatic carbocycles. The number of benzene rings is 2. The van der Waals surface area contributed by atoms with Crippen molar-refractivity contribution in [3.05, 3.63) is 64.0 Å². The smallest absolute Gasteiger partial charge is 0.393 e. The maximum absolute atomic E-state index is 13.8. The molecule has 0 saturated heterocycles. The second-order valence-corrected chi connectivity index (χ2v) is 6.08. The largest absolute Gasteiger partial charge is 0.539 e. The highest BCUT2D eigenvalue weighted by atomic mass is 35.5. The number of aromatic nitrogens is 2. The van der Waals surface area contributed by atoms with Crippen molar-refractivity contribution in [2.24, 2.45) is 0 Å². The Hall–Kier alpha value is -3.48. The van der Waals surface area contributed by atoms with Crippen LogP contribution in [0.15, 0.2) is 42.5 Å². The van der Waals surface area contributed by atoms with Gasteiger partial charge in [0.2, 0.25) is 5.82 Å². The summed E-state index contributed by atoms with van der Waals surface area (Å²) in [7, 11) is 0. The third-order valence-corrected chi connectivity index (χ3v) is 3.76. The van der Waals surface area contributed by atoms with Gasteiger partial charge in [0.15, 0.2) is 5.52 Å². The Balaban J connectivity index is 2.18. The van der Waals surface area contributed by atoms with Crippen LogP contribution < -0.4 is 9.57 Å². The standard InChI is InChI=1S/C16H7ClF5N3O5/c17-15(18,19)13-23-12-10(6-8(16(20,21)22)7-11(12)25(27)28)24(13)30-14(26)29-9-4-2-1-3-5-9/h1-7H. The fourth-order valence-electron chi connectivity index (χ4n) is 2.39. The number of hydrogen-bond donors (Lipinski definition) is 0. The number of non-ortho nitro benzene ring substituents is 1. The molecule has 30 heavy (non-hydrogen) atoms. The van der Waals surface area contributed by atoms with Crippen LogP contribution in [0.4, 0.5) is 32.4 Å². The predicted octanol–water partition coefficient (Wildman–Crippen LogP) is 4.88. The van der Waals surface area contributed by atoms with Gasteiger partial charge in [0.05, 0.1) is 10.5 Å². The lowest BCUT2D eigenvalue weighted by atomic mass is 10.1. The summed E-state index contributed by atoms with van der Waals surface area (Å²) in [4.78, 5) is 29.7. The average Bonchev–Trinajstić information content (AvgIpc) is 2.99. The molecule has 1 aromatic heterocycles. The first-order valence-corrected chi connectivity index (χ1v) is 8.06. The van der Waals surface area contributed by atoms with Crippen LogP contribution in [0.2, 0.25) is 0 Å². The van der Waals surface area contributed by atoms with E-state index in [2.05, 4.69) is 9.82 Å². The zero-order chi connectivity index (χ0) is 22.3. The molecule has 0 unspecified atom stereocenters. The first-order valence-electron chi connectivity index (χ1n) is 7.68. The molecule has 0 amide bonds. The van der Waals surface area contributed by atoms with Crippen molar-refractivity contribution in [2.45, 2.75) is 11.6 Å². The molecule has 8 nitrogen and oxygen atoms in total. The lowest BCUT2D eigenvalue weighted by molar-refractivity contribution is -0.383. The molecule has 1 heterocycles. The quantitative estimate of drug-likeness (QED) is 0.140. The van der Waals surface area contributed by atoms with Crippen LogP contribution in [0.1, 0.15) is 11.4 Å². The summed E-state index contributed by atoms with van der Waals surface area (Å²) >= 11 is 4.90. The Labute approximate surface area is 167 Å². The number of nitro benzene ring substituents is 1. The Kier molecular flexibility index (Phi) is 5.24. The van der Waals surface area contributed by atoms with Gasteiger partial charge < -0.3 is 4.74 Å². The van der Waals surface area contributed by atoms with E-state index in [1.165, 1.54) is 24.3 Å². The minimum Gasteiger partial charge on any atom is -0.393 e. The summed E-state index contributed by atoms with van der Waals surface area (Å²) in [6.45, 7) is 0. The number of ether oxygens (including phenoxy) is 1. The van der Waals surface area contributed by atoms with Crippen molar-refractivity contribution in [3.63, 3.8) is 0 Å². The molecule has 0 saturated carbocycles. The van der Waals surface area contributed by atoms with Crippen LogP contribution in [-0.2, 0) is 11.6 Å². The number of nitro groups is 1. The second kappa shape index (κ2) is 7.40. The number of carbonyl (C=O) groups excluding carboxylic acids is 1. The summed E-state index contributed by atoms with van der Waals surface area (Å²) in [5.41, 5.74) is -4.67. The van der Waals surface area contributed by atoms with E-state index in [0.29, 0.717) is 0 Å². The van der Waals surface area contributed by atoms with Gasteiger partial charge in [-0.05, 0) is 29.8 Å².